The van der Waals surface area contributed by atoms with E-state index in [0.29, 0.717) is 0 Å². The molecule has 0 saturated carbocycles. The van der Waals surface area contributed by atoms with E-state index in [1.807, 2.05) is 0 Å². The van der Waals surface area contributed by atoms with Gasteiger partial charge in [0, 0.05) is 27.1 Å². The highest BCUT2D eigenvalue weighted by atomic mass is 32.1. The summed E-state index contributed by atoms with van der Waals surface area (Å²) in [6, 6.07) is 1.23. The van der Waals surface area contributed by atoms with E-state index in [1.54, 1.807) is 14.1 Å². The molecule has 1 aromatic rings. The first-order valence-electron chi connectivity index (χ1n) is 4.10. The fourth-order valence-corrected chi connectivity index (χ4v) is 0.706. The minimum Gasteiger partial charge on any atom is -0.385 e. The summed E-state index contributed by atoms with van der Waals surface area (Å²) in [6.07, 6.45) is 0. The van der Waals surface area contributed by atoms with Gasteiger partial charge in [0.05, 0.1) is 0 Å². The van der Waals surface area contributed by atoms with E-state index in [1.165, 1.54) is 17.9 Å². The van der Waals surface area contributed by atoms with Gasteiger partial charge in [-0.1, -0.05) is 0 Å². The van der Waals surface area contributed by atoms with Crippen LogP contribution in [0.25, 0.3) is 0 Å². The van der Waals surface area contributed by atoms with Gasteiger partial charge in [0.1, 0.15) is 5.82 Å². The third-order valence-corrected chi connectivity index (χ3v) is 1.62. The lowest BCUT2D eigenvalue weighted by Gasteiger charge is -2.02. The largest absolute Gasteiger partial charge is 0.385 e. The van der Waals surface area contributed by atoms with Crippen molar-refractivity contribution in [1.29, 1.82) is 0 Å². The summed E-state index contributed by atoms with van der Waals surface area (Å²) in [5, 5.41) is 0. The van der Waals surface area contributed by atoms with Gasteiger partial charge in [0.2, 0.25) is 5.91 Å². The molecule has 0 bridgehead atoms. The molecular weight excluding hydrogens is 216 g/mol. The third kappa shape index (κ3) is 6.44. The van der Waals surface area contributed by atoms with Crippen molar-refractivity contribution in [3.05, 3.63) is 21.2 Å². The lowest BCUT2D eigenvalue weighted by molar-refractivity contribution is -0.126. The number of nitrogen functional groups attached to an aromatic ring is 1. The Morgan fingerprint density at radius 2 is 1.93 bits per heavy atom. The first kappa shape index (κ1) is 13.4. The minimum absolute atomic E-state index is 0.0926. The lowest BCUT2D eigenvalue weighted by Crippen LogP contribution is -2.17. The highest BCUT2D eigenvalue weighted by molar-refractivity contribution is 7.71. The number of rotatable bonds is 0. The molecule has 0 radical (unpaired) electrons. The Kier molecular flexibility index (Phi) is 5.32. The fourth-order valence-electron chi connectivity index (χ4n) is 0.488. The number of nitrogens with zero attached hydrogens (tertiary/aromatic N) is 1. The zero-order valence-corrected chi connectivity index (χ0v) is 9.64. The molecule has 0 aliphatic carbocycles. The Bertz CT molecular complexity index is 407. The SMILES string of the molecule is CC(=O)N(C)C.Nc1cc(=O)[nH]c(=S)[nH]1. The van der Waals surface area contributed by atoms with E-state index in [2.05, 4.69) is 22.2 Å². The summed E-state index contributed by atoms with van der Waals surface area (Å²) in [5.74, 6) is 0.374. The molecule has 84 valence electrons. The van der Waals surface area contributed by atoms with Crippen LogP contribution in [0.4, 0.5) is 5.82 Å². The van der Waals surface area contributed by atoms with Crippen LogP contribution >= 0.6 is 12.2 Å². The van der Waals surface area contributed by atoms with Crippen molar-refractivity contribution in [1.82, 2.24) is 14.9 Å². The molecule has 7 heteroatoms. The lowest BCUT2D eigenvalue weighted by atomic mass is 10.6. The van der Waals surface area contributed by atoms with E-state index in [4.69, 9.17) is 5.73 Å². The molecule has 0 spiro atoms. The third-order valence-electron chi connectivity index (χ3n) is 1.41. The van der Waals surface area contributed by atoms with Gasteiger partial charge in [-0.05, 0) is 12.2 Å². The number of carbonyl (C=O) groups excluding carboxylic acids is 1. The van der Waals surface area contributed by atoms with E-state index >= 15 is 0 Å². The summed E-state index contributed by atoms with van der Waals surface area (Å²) in [4.78, 5) is 27.0. The number of anilines is 1. The predicted octanol–water partition coefficient (Wildman–Crippen LogP) is 0.109. The minimum atomic E-state index is -0.281. The summed E-state index contributed by atoms with van der Waals surface area (Å²) in [7, 11) is 3.45. The highest BCUT2D eigenvalue weighted by Gasteiger charge is 1.87. The van der Waals surface area contributed by atoms with Crippen LogP contribution in [-0.4, -0.2) is 34.9 Å². The maximum Gasteiger partial charge on any atom is 0.253 e. The van der Waals surface area contributed by atoms with Crippen LogP contribution in [0, 0.1) is 4.77 Å². The van der Waals surface area contributed by atoms with Gasteiger partial charge < -0.3 is 15.6 Å². The summed E-state index contributed by atoms with van der Waals surface area (Å²) in [5.41, 5.74) is 4.94. The molecule has 0 unspecified atom stereocenters. The maximum absolute atomic E-state index is 10.5. The molecular formula is C8H14N4O2S. The molecule has 1 amide bonds. The quantitative estimate of drug-likeness (QED) is 0.551. The van der Waals surface area contributed by atoms with Crippen LogP contribution in [-0.2, 0) is 4.79 Å². The van der Waals surface area contributed by atoms with Gasteiger partial charge in [-0.2, -0.15) is 0 Å². The van der Waals surface area contributed by atoms with Crippen molar-refractivity contribution >= 4 is 23.9 Å². The number of nitrogens with two attached hydrogens (primary N) is 1. The molecule has 0 aliphatic heterocycles. The number of hydrogen-bond acceptors (Lipinski definition) is 4. The van der Waals surface area contributed by atoms with Crippen LogP contribution in [0.3, 0.4) is 0 Å². The molecule has 15 heavy (non-hydrogen) atoms. The molecule has 0 aliphatic rings. The monoisotopic (exact) mass is 230 g/mol. The number of aromatic amines is 2. The maximum atomic E-state index is 10.5. The second-order valence-corrected chi connectivity index (χ2v) is 3.36. The van der Waals surface area contributed by atoms with Crippen LogP contribution in [0.15, 0.2) is 10.9 Å². The average molecular weight is 230 g/mol. The summed E-state index contributed by atoms with van der Waals surface area (Å²) >= 11 is 4.60. The van der Waals surface area contributed by atoms with Crippen LogP contribution < -0.4 is 11.3 Å². The van der Waals surface area contributed by atoms with E-state index < -0.39 is 0 Å². The van der Waals surface area contributed by atoms with E-state index in [0.717, 1.165) is 0 Å². The number of H-pyrrole nitrogens is 2. The van der Waals surface area contributed by atoms with Crippen molar-refractivity contribution in [3.63, 3.8) is 0 Å². The molecule has 1 heterocycles. The number of carbonyl (C=O) groups is 1. The smallest absolute Gasteiger partial charge is 0.253 e. The molecule has 0 fully saturated rings. The van der Waals surface area contributed by atoms with Gasteiger partial charge in [-0.3, -0.25) is 14.6 Å². The zero-order chi connectivity index (χ0) is 12.0. The number of hydrogen-bond donors (Lipinski definition) is 3. The second kappa shape index (κ2) is 5.97. The Balaban J connectivity index is 0.000000288. The van der Waals surface area contributed by atoms with Crippen LogP contribution in [0.5, 0.6) is 0 Å². The van der Waals surface area contributed by atoms with Crippen molar-refractivity contribution < 1.29 is 4.79 Å². The molecule has 0 atom stereocenters. The Morgan fingerprint density at radius 3 is 2.20 bits per heavy atom. The van der Waals surface area contributed by atoms with Gasteiger partial charge in [-0.15, -0.1) is 0 Å². The van der Waals surface area contributed by atoms with Crippen molar-refractivity contribution in [3.8, 4) is 0 Å². The predicted molar refractivity (Wildman–Crippen MR) is 61.0 cm³/mol. The Morgan fingerprint density at radius 1 is 1.47 bits per heavy atom. The molecule has 1 rings (SSSR count). The Hall–Kier alpha value is -1.63. The first-order chi connectivity index (χ1) is 6.82. The standard InChI is InChI=1S/C4H5N3OS.C4H9NO/c5-2-1-3(8)7-4(9)6-2;1-4(6)5(2)3/h1H,(H4,5,6,7,8,9);1-3H3. The van der Waals surface area contributed by atoms with E-state index in [9.17, 15) is 9.59 Å². The molecule has 0 aromatic carbocycles. The van der Waals surface area contributed by atoms with Gasteiger partial charge in [-0.25, -0.2) is 0 Å². The van der Waals surface area contributed by atoms with Crippen molar-refractivity contribution in [2.45, 2.75) is 6.92 Å². The van der Waals surface area contributed by atoms with Crippen molar-refractivity contribution in [2.24, 2.45) is 0 Å². The fraction of sp³-hybridized carbons (Fsp3) is 0.375. The first-order valence-corrected chi connectivity index (χ1v) is 4.50. The molecule has 1 aromatic heterocycles. The summed E-state index contributed by atoms with van der Waals surface area (Å²) < 4.78 is 0.250. The number of aromatic nitrogens is 2. The van der Waals surface area contributed by atoms with E-state index in [-0.39, 0.29) is 22.1 Å². The van der Waals surface area contributed by atoms with Gasteiger partial charge in [0.15, 0.2) is 4.77 Å². The average Bonchev–Trinajstić information content (AvgIpc) is 2.01. The Labute approximate surface area is 92.1 Å². The topological polar surface area (TPSA) is 95.0 Å². The van der Waals surface area contributed by atoms with Gasteiger partial charge in [0.25, 0.3) is 5.56 Å². The van der Waals surface area contributed by atoms with Crippen LogP contribution in [0.1, 0.15) is 6.92 Å². The molecule has 4 N–H and O–H groups in total. The molecule has 0 saturated heterocycles. The zero-order valence-electron chi connectivity index (χ0n) is 8.83. The normalized spacial score (nSPS) is 8.73. The van der Waals surface area contributed by atoms with Crippen molar-refractivity contribution in [2.75, 3.05) is 19.8 Å². The molecule has 6 nitrogen and oxygen atoms in total. The van der Waals surface area contributed by atoms with Crippen LogP contribution in [0.2, 0.25) is 0 Å². The highest BCUT2D eigenvalue weighted by Crippen LogP contribution is 1.84. The second-order valence-electron chi connectivity index (χ2n) is 2.96. The summed E-state index contributed by atoms with van der Waals surface area (Å²) in [6.45, 7) is 1.53. The number of nitrogens with one attached hydrogen (secondary N) is 2. The van der Waals surface area contributed by atoms with Gasteiger partial charge >= 0.3 is 0 Å². The number of amides is 1.